The van der Waals surface area contributed by atoms with Crippen molar-refractivity contribution < 1.29 is 4.92 Å². The number of non-ortho nitro benzene ring substituents is 1. The van der Waals surface area contributed by atoms with E-state index in [0.29, 0.717) is 17.7 Å². The number of hydrogen-bond donors (Lipinski definition) is 2. The molecule has 2 heterocycles. The lowest BCUT2D eigenvalue weighted by molar-refractivity contribution is -0.384. The van der Waals surface area contributed by atoms with Crippen molar-refractivity contribution in [2.75, 3.05) is 0 Å². The number of hydrogen-bond acceptors (Lipinski definition) is 5. The number of aromatic amines is 1. The predicted molar refractivity (Wildman–Crippen MR) is 69.9 cm³/mol. The van der Waals surface area contributed by atoms with Crippen molar-refractivity contribution in [1.82, 2.24) is 19.5 Å². The second-order valence-corrected chi connectivity index (χ2v) is 4.25. The molecule has 2 N–H and O–H groups in total. The van der Waals surface area contributed by atoms with E-state index < -0.39 is 4.92 Å². The molecule has 0 aliphatic rings. The standard InChI is InChI=1S/C12H10N6O2/c13-11-10-12(15-6-14-10)16-7-17(11)5-8-2-1-3-9(4-8)18(19)20/h1-4,6-7,13H,5H2,(H,14,15). The lowest BCUT2D eigenvalue weighted by Crippen LogP contribution is -2.21. The van der Waals surface area contributed by atoms with E-state index in [4.69, 9.17) is 5.41 Å². The Bertz CT molecular complexity index is 850. The Morgan fingerprint density at radius 3 is 3.05 bits per heavy atom. The van der Waals surface area contributed by atoms with Gasteiger partial charge in [-0.25, -0.2) is 9.97 Å². The van der Waals surface area contributed by atoms with Gasteiger partial charge in [-0.05, 0) is 5.56 Å². The van der Waals surface area contributed by atoms with E-state index in [9.17, 15) is 10.1 Å². The number of nitrogens with zero attached hydrogens (tertiary/aromatic N) is 4. The molecule has 0 fully saturated rings. The first-order valence-electron chi connectivity index (χ1n) is 5.81. The molecule has 0 spiro atoms. The zero-order chi connectivity index (χ0) is 14.1. The average Bonchev–Trinajstić information content (AvgIpc) is 2.91. The quantitative estimate of drug-likeness (QED) is 0.549. The minimum Gasteiger partial charge on any atom is -0.340 e. The lowest BCUT2D eigenvalue weighted by Gasteiger charge is -2.06. The molecule has 0 saturated carbocycles. The molecule has 0 bridgehead atoms. The largest absolute Gasteiger partial charge is 0.340 e. The molecule has 100 valence electrons. The van der Waals surface area contributed by atoms with Gasteiger partial charge >= 0.3 is 0 Å². The highest BCUT2D eigenvalue weighted by molar-refractivity contribution is 5.67. The topological polar surface area (TPSA) is 113 Å². The smallest absolute Gasteiger partial charge is 0.269 e. The van der Waals surface area contributed by atoms with Crippen LogP contribution >= 0.6 is 0 Å². The summed E-state index contributed by atoms with van der Waals surface area (Å²) in [4.78, 5) is 21.3. The normalized spacial score (nSPS) is 10.8. The van der Waals surface area contributed by atoms with Crippen molar-refractivity contribution >= 4 is 16.9 Å². The van der Waals surface area contributed by atoms with Crippen LogP contribution in [0.15, 0.2) is 36.9 Å². The van der Waals surface area contributed by atoms with Gasteiger partial charge in [0, 0.05) is 12.1 Å². The van der Waals surface area contributed by atoms with Crippen molar-refractivity contribution in [3.63, 3.8) is 0 Å². The lowest BCUT2D eigenvalue weighted by atomic mass is 10.2. The first-order chi connectivity index (χ1) is 9.65. The molecule has 8 heteroatoms. The summed E-state index contributed by atoms with van der Waals surface area (Å²) < 4.78 is 1.60. The number of imidazole rings is 1. The molecule has 0 unspecified atom stereocenters. The summed E-state index contributed by atoms with van der Waals surface area (Å²) in [5.74, 6) is 0. The van der Waals surface area contributed by atoms with Crippen LogP contribution in [-0.2, 0) is 6.54 Å². The monoisotopic (exact) mass is 270 g/mol. The van der Waals surface area contributed by atoms with E-state index in [2.05, 4.69) is 15.0 Å². The molecule has 1 aromatic carbocycles. The number of nitrogens with one attached hydrogen (secondary N) is 2. The molecule has 0 radical (unpaired) electrons. The summed E-state index contributed by atoms with van der Waals surface area (Å²) in [7, 11) is 0. The minimum atomic E-state index is -0.438. The molecule has 2 aromatic heterocycles. The second-order valence-electron chi connectivity index (χ2n) is 4.25. The number of H-pyrrole nitrogens is 1. The summed E-state index contributed by atoms with van der Waals surface area (Å²) in [6.07, 6.45) is 2.98. The Hall–Kier alpha value is -3.03. The SMILES string of the molecule is N=c1c2[nH]cnc2ncn1Cc1cccc([N+](=O)[O-])c1. The first-order valence-corrected chi connectivity index (χ1v) is 5.81. The van der Waals surface area contributed by atoms with E-state index in [1.54, 1.807) is 16.7 Å². The number of benzene rings is 1. The van der Waals surface area contributed by atoms with Gasteiger partial charge in [0.05, 0.1) is 24.1 Å². The van der Waals surface area contributed by atoms with Crippen LogP contribution in [-0.4, -0.2) is 24.4 Å². The zero-order valence-electron chi connectivity index (χ0n) is 10.3. The highest BCUT2D eigenvalue weighted by Gasteiger charge is 2.07. The fourth-order valence-electron chi connectivity index (χ4n) is 1.97. The Morgan fingerprint density at radius 2 is 2.25 bits per heavy atom. The van der Waals surface area contributed by atoms with Crippen LogP contribution in [0.1, 0.15) is 5.56 Å². The average molecular weight is 270 g/mol. The molecular weight excluding hydrogens is 260 g/mol. The zero-order valence-corrected chi connectivity index (χ0v) is 10.3. The second kappa shape index (κ2) is 4.57. The third-order valence-corrected chi connectivity index (χ3v) is 2.94. The number of nitro benzene ring substituents is 1. The van der Waals surface area contributed by atoms with E-state index >= 15 is 0 Å². The van der Waals surface area contributed by atoms with E-state index in [1.165, 1.54) is 24.8 Å². The Balaban J connectivity index is 2.01. The molecule has 0 aliphatic heterocycles. The van der Waals surface area contributed by atoms with Gasteiger partial charge in [-0.1, -0.05) is 12.1 Å². The van der Waals surface area contributed by atoms with E-state index in [0.717, 1.165) is 5.56 Å². The van der Waals surface area contributed by atoms with Crippen LogP contribution in [0.4, 0.5) is 5.69 Å². The molecule has 8 nitrogen and oxygen atoms in total. The van der Waals surface area contributed by atoms with Gasteiger partial charge in [0.1, 0.15) is 5.52 Å². The number of nitro groups is 1. The Labute approximate surface area is 112 Å². The van der Waals surface area contributed by atoms with Crippen molar-refractivity contribution in [3.8, 4) is 0 Å². The third kappa shape index (κ3) is 2.03. The van der Waals surface area contributed by atoms with Crippen LogP contribution in [0.2, 0.25) is 0 Å². The maximum Gasteiger partial charge on any atom is 0.269 e. The Morgan fingerprint density at radius 1 is 1.40 bits per heavy atom. The summed E-state index contributed by atoms with van der Waals surface area (Å²) in [6.45, 7) is 0.336. The summed E-state index contributed by atoms with van der Waals surface area (Å²) >= 11 is 0. The van der Waals surface area contributed by atoms with Crippen LogP contribution < -0.4 is 5.49 Å². The molecule has 0 aliphatic carbocycles. The van der Waals surface area contributed by atoms with Crippen molar-refractivity contribution in [3.05, 3.63) is 58.1 Å². The third-order valence-electron chi connectivity index (χ3n) is 2.94. The summed E-state index contributed by atoms with van der Waals surface area (Å²) in [5.41, 5.74) is 2.02. The molecule has 0 atom stereocenters. The van der Waals surface area contributed by atoms with E-state index in [1.807, 2.05) is 0 Å². The van der Waals surface area contributed by atoms with Crippen molar-refractivity contribution in [2.24, 2.45) is 0 Å². The van der Waals surface area contributed by atoms with Gasteiger partial charge in [0.2, 0.25) is 0 Å². The van der Waals surface area contributed by atoms with Gasteiger partial charge in [-0.15, -0.1) is 0 Å². The van der Waals surface area contributed by atoms with Gasteiger partial charge < -0.3 is 9.55 Å². The maximum absolute atomic E-state index is 10.7. The number of rotatable bonds is 3. The molecule has 3 rings (SSSR count). The van der Waals surface area contributed by atoms with Gasteiger partial charge in [-0.2, -0.15) is 0 Å². The molecule has 20 heavy (non-hydrogen) atoms. The Kier molecular flexibility index (Phi) is 2.75. The van der Waals surface area contributed by atoms with Gasteiger partial charge in [-0.3, -0.25) is 15.5 Å². The number of fused-ring (bicyclic) bond motifs is 1. The summed E-state index contributed by atoms with van der Waals surface area (Å²) in [6, 6.07) is 6.33. The maximum atomic E-state index is 10.7. The van der Waals surface area contributed by atoms with Crippen LogP contribution in [0, 0.1) is 15.5 Å². The predicted octanol–water partition coefficient (Wildman–Crippen LogP) is 1.20. The first kappa shape index (κ1) is 12.0. The van der Waals surface area contributed by atoms with Gasteiger partial charge in [0.15, 0.2) is 11.1 Å². The molecule has 0 saturated heterocycles. The highest BCUT2D eigenvalue weighted by Crippen LogP contribution is 2.13. The molecule has 0 amide bonds. The highest BCUT2D eigenvalue weighted by atomic mass is 16.6. The van der Waals surface area contributed by atoms with Crippen molar-refractivity contribution in [2.45, 2.75) is 6.54 Å². The van der Waals surface area contributed by atoms with Gasteiger partial charge in [0.25, 0.3) is 5.69 Å². The fourth-order valence-corrected chi connectivity index (χ4v) is 1.97. The number of aromatic nitrogens is 4. The summed E-state index contributed by atoms with van der Waals surface area (Å²) in [5, 5.41) is 18.8. The van der Waals surface area contributed by atoms with E-state index in [-0.39, 0.29) is 11.2 Å². The molecule has 3 aromatic rings. The fraction of sp³-hybridized carbons (Fsp3) is 0.0833. The minimum absolute atomic E-state index is 0.0326. The van der Waals surface area contributed by atoms with Crippen LogP contribution in [0.3, 0.4) is 0 Å². The van der Waals surface area contributed by atoms with Crippen LogP contribution in [0.25, 0.3) is 11.2 Å². The van der Waals surface area contributed by atoms with Crippen LogP contribution in [0.5, 0.6) is 0 Å². The van der Waals surface area contributed by atoms with Crippen molar-refractivity contribution in [1.29, 1.82) is 5.41 Å². The molecular formula is C12H10N6O2.